The fraction of sp³-hybridized carbons (Fsp3) is 0.538. The van der Waals surface area contributed by atoms with E-state index in [1.165, 1.54) is 0 Å². The Bertz CT molecular complexity index is 352. The highest BCUT2D eigenvalue weighted by Gasteiger charge is 2.17. The SMILES string of the molecule is CC(O)CCC(=O)N(C)C(C)c1ccncc1. The predicted octanol–water partition coefficient (Wildman–Crippen LogP) is 1.76. The van der Waals surface area contributed by atoms with Crippen molar-refractivity contribution < 1.29 is 9.90 Å². The number of aromatic nitrogens is 1. The van der Waals surface area contributed by atoms with E-state index in [0.29, 0.717) is 12.8 Å². The van der Waals surface area contributed by atoms with Crippen molar-refractivity contribution in [3.05, 3.63) is 30.1 Å². The summed E-state index contributed by atoms with van der Waals surface area (Å²) in [6, 6.07) is 3.84. The van der Waals surface area contributed by atoms with E-state index < -0.39 is 6.10 Å². The van der Waals surface area contributed by atoms with Crippen LogP contribution in [0.5, 0.6) is 0 Å². The lowest BCUT2D eigenvalue weighted by Crippen LogP contribution is -2.30. The minimum Gasteiger partial charge on any atom is -0.393 e. The molecule has 0 aromatic carbocycles. The molecule has 0 radical (unpaired) electrons. The maximum Gasteiger partial charge on any atom is 0.222 e. The lowest BCUT2D eigenvalue weighted by molar-refractivity contribution is -0.132. The first-order valence-corrected chi connectivity index (χ1v) is 5.86. The Labute approximate surface area is 102 Å². The maximum absolute atomic E-state index is 11.9. The van der Waals surface area contributed by atoms with Crippen molar-refractivity contribution in [2.75, 3.05) is 7.05 Å². The van der Waals surface area contributed by atoms with Gasteiger partial charge in [0.1, 0.15) is 0 Å². The van der Waals surface area contributed by atoms with Crippen LogP contribution in [-0.4, -0.2) is 34.0 Å². The largest absolute Gasteiger partial charge is 0.393 e. The summed E-state index contributed by atoms with van der Waals surface area (Å²) in [4.78, 5) is 17.5. The number of carbonyl (C=O) groups excluding carboxylic acids is 1. The monoisotopic (exact) mass is 236 g/mol. The molecule has 2 atom stereocenters. The van der Waals surface area contributed by atoms with Gasteiger partial charge in [0.15, 0.2) is 0 Å². The zero-order valence-corrected chi connectivity index (χ0v) is 10.6. The lowest BCUT2D eigenvalue weighted by atomic mass is 10.1. The molecule has 1 aromatic rings. The van der Waals surface area contributed by atoms with E-state index in [0.717, 1.165) is 5.56 Å². The number of nitrogens with zero attached hydrogens (tertiary/aromatic N) is 2. The Morgan fingerprint density at radius 1 is 1.41 bits per heavy atom. The summed E-state index contributed by atoms with van der Waals surface area (Å²) < 4.78 is 0. The average molecular weight is 236 g/mol. The van der Waals surface area contributed by atoms with E-state index in [2.05, 4.69) is 4.98 Å². The molecule has 0 spiro atoms. The standard InChI is InChI=1S/C13H20N2O2/c1-10(16)4-5-13(17)15(3)11(2)12-6-8-14-9-7-12/h6-11,16H,4-5H2,1-3H3. The van der Waals surface area contributed by atoms with E-state index in [-0.39, 0.29) is 11.9 Å². The Morgan fingerprint density at radius 2 is 2.00 bits per heavy atom. The number of rotatable bonds is 5. The smallest absolute Gasteiger partial charge is 0.222 e. The topological polar surface area (TPSA) is 53.4 Å². The summed E-state index contributed by atoms with van der Waals surface area (Å²) in [7, 11) is 1.79. The van der Waals surface area contributed by atoms with Gasteiger partial charge in [-0.3, -0.25) is 9.78 Å². The van der Waals surface area contributed by atoms with Crippen LogP contribution in [0.2, 0.25) is 0 Å². The van der Waals surface area contributed by atoms with Gasteiger partial charge in [0.25, 0.3) is 0 Å². The maximum atomic E-state index is 11.9. The molecular formula is C13H20N2O2. The van der Waals surface area contributed by atoms with Gasteiger partial charge in [-0.1, -0.05) is 0 Å². The summed E-state index contributed by atoms with van der Waals surface area (Å²) in [5.41, 5.74) is 1.06. The number of hydrogen-bond acceptors (Lipinski definition) is 3. The normalized spacial score (nSPS) is 14.1. The van der Waals surface area contributed by atoms with Crippen molar-refractivity contribution in [1.29, 1.82) is 0 Å². The van der Waals surface area contributed by atoms with Crippen LogP contribution in [-0.2, 0) is 4.79 Å². The van der Waals surface area contributed by atoms with Crippen LogP contribution in [0.4, 0.5) is 0 Å². The van der Waals surface area contributed by atoms with Crippen molar-refractivity contribution in [2.24, 2.45) is 0 Å². The first-order chi connectivity index (χ1) is 8.02. The Morgan fingerprint density at radius 3 is 2.53 bits per heavy atom. The molecule has 1 rings (SSSR count). The lowest BCUT2D eigenvalue weighted by Gasteiger charge is -2.25. The number of pyridine rings is 1. The molecule has 4 heteroatoms. The van der Waals surface area contributed by atoms with Crippen molar-refractivity contribution in [2.45, 2.75) is 38.8 Å². The number of aliphatic hydroxyl groups is 1. The molecule has 94 valence electrons. The molecule has 17 heavy (non-hydrogen) atoms. The quantitative estimate of drug-likeness (QED) is 0.847. The molecule has 1 aromatic heterocycles. The molecule has 0 saturated carbocycles. The van der Waals surface area contributed by atoms with Gasteiger partial charge in [0, 0.05) is 25.9 Å². The third-order valence-corrected chi connectivity index (χ3v) is 2.94. The minimum atomic E-state index is -0.427. The highest BCUT2D eigenvalue weighted by Crippen LogP contribution is 2.18. The third-order valence-electron chi connectivity index (χ3n) is 2.94. The number of amides is 1. The fourth-order valence-corrected chi connectivity index (χ4v) is 1.59. The van der Waals surface area contributed by atoms with Gasteiger partial charge in [0.2, 0.25) is 5.91 Å². The molecule has 0 fully saturated rings. The highest BCUT2D eigenvalue weighted by molar-refractivity contribution is 5.76. The van der Waals surface area contributed by atoms with E-state index in [9.17, 15) is 4.79 Å². The van der Waals surface area contributed by atoms with Gasteiger partial charge >= 0.3 is 0 Å². The highest BCUT2D eigenvalue weighted by atomic mass is 16.3. The molecule has 1 amide bonds. The van der Waals surface area contributed by atoms with Crippen molar-refractivity contribution >= 4 is 5.91 Å². The van der Waals surface area contributed by atoms with Crippen LogP contribution in [0.1, 0.15) is 38.3 Å². The fourth-order valence-electron chi connectivity index (χ4n) is 1.59. The van der Waals surface area contributed by atoms with Crippen LogP contribution in [0.25, 0.3) is 0 Å². The predicted molar refractivity (Wildman–Crippen MR) is 66.3 cm³/mol. The number of aliphatic hydroxyl groups excluding tert-OH is 1. The van der Waals surface area contributed by atoms with Gasteiger partial charge in [-0.15, -0.1) is 0 Å². The second-order valence-electron chi connectivity index (χ2n) is 4.35. The molecule has 1 N–H and O–H groups in total. The van der Waals surface area contributed by atoms with Gasteiger partial charge in [-0.25, -0.2) is 0 Å². The first kappa shape index (κ1) is 13.6. The van der Waals surface area contributed by atoms with E-state index in [1.807, 2.05) is 19.1 Å². The minimum absolute atomic E-state index is 0.0273. The molecular weight excluding hydrogens is 216 g/mol. The zero-order chi connectivity index (χ0) is 12.8. The van der Waals surface area contributed by atoms with E-state index in [1.54, 1.807) is 31.3 Å². The second-order valence-corrected chi connectivity index (χ2v) is 4.35. The Balaban J connectivity index is 2.57. The average Bonchev–Trinajstić information content (AvgIpc) is 2.35. The third kappa shape index (κ3) is 4.15. The number of hydrogen-bond donors (Lipinski definition) is 1. The second kappa shape index (κ2) is 6.35. The van der Waals surface area contributed by atoms with E-state index >= 15 is 0 Å². The van der Waals surface area contributed by atoms with Crippen LogP contribution in [0.15, 0.2) is 24.5 Å². The molecule has 0 aliphatic rings. The Hall–Kier alpha value is -1.42. The molecule has 0 aliphatic carbocycles. The molecule has 2 unspecified atom stereocenters. The van der Waals surface area contributed by atoms with Gasteiger partial charge < -0.3 is 10.0 Å². The molecule has 0 saturated heterocycles. The van der Waals surface area contributed by atoms with Crippen molar-refractivity contribution in [1.82, 2.24) is 9.88 Å². The summed E-state index contributed by atoms with van der Waals surface area (Å²) in [6.07, 6.45) is 3.90. The first-order valence-electron chi connectivity index (χ1n) is 5.86. The summed E-state index contributed by atoms with van der Waals surface area (Å²) in [6.45, 7) is 3.68. The van der Waals surface area contributed by atoms with Gasteiger partial charge in [-0.2, -0.15) is 0 Å². The zero-order valence-electron chi connectivity index (χ0n) is 10.6. The van der Waals surface area contributed by atoms with Crippen LogP contribution < -0.4 is 0 Å². The molecule has 4 nitrogen and oxygen atoms in total. The summed E-state index contributed by atoms with van der Waals surface area (Å²) in [5.74, 6) is 0.0511. The van der Waals surface area contributed by atoms with Gasteiger partial charge in [0.05, 0.1) is 12.1 Å². The Kier molecular flexibility index (Phi) is 5.10. The number of carbonyl (C=O) groups is 1. The summed E-state index contributed by atoms with van der Waals surface area (Å²) >= 11 is 0. The van der Waals surface area contributed by atoms with Crippen molar-refractivity contribution in [3.63, 3.8) is 0 Å². The summed E-state index contributed by atoms with van der Waals surface area (Å²) in [5, 5.41) is 9.16. The molecule has 0 bridgehead atoms. The van der Waals surface area contributed by atoms with Gasteiger partial charge in [-0.05, 0) is 38.0 Å². The van der Waals surface area contributed by atoms with Crippen LogP contribution in [0, 0.1) is 0 Å². The molecule has 1 heterocycles. The molecule has 0 aliphatic heterocycles. The van der Waals surface area contributed by atoms with Crippen molar-refractivity contribution in [3.8, 4) is 0 Å². The van der Waals surface area contributed by atoms with Crippen LogP contribution in [0.3, 0.4) is 0 Å². The van der Waals surface area contributed by atoms with Crippen LogP contribution >= 0.6 is 0 Å². The van der Waals surface area contributed by atoms with E-state index in [4.69, 9.17) is 5.11 Å².